The predicted octanol–water partition coefficient (Wildman–Crippen LogP) is 8.63. The van der Waals surface area contributed by atoms with E-state index in [9.17, 15) is 0 Å². The summed E-state index contributed by atoms with van der Waals surface area (Å²) in [7, 11) is 0. The van der Waals surface area contributed by atoms with E-state index in [1.807, 2.05) is 0 Å². The Kier molecular flexibility index (Phi) is 4.47. The lowest BCUT2D eigenvalue weighted by Crippen LogP contribution is -2.05. The molecule has 1 unspecified atom stereocenters. The Morgan fingerprint density at radius 3 is 2.26 bits per heavy atom. The Labute approximate surface area is 192 Å². The molecule has 2 aliphatic rings. The van der Waals surface area contributed by atoms with Crippen LogP contribution in [-0.4, -0.2) is 0 Å². The molecule has 1 heteroatoms. The van der Waals surface area contributed by atoms with Crippen LogP contribution >= 0.6 is 15.9 Å². The highest BCUT2D eigenvalue weighted by atomic mass is 79.9. The van der Waals surface area contributed by atoms with Crippen LogP contribution in [0.25, 0.3) is 28.3 Å². The van der Waals surface area contributed by atoms with Crippen molar-refractivity contribution >= 4 is 22.0 Å². The zero-order chi connectivity index (χ0) is 20.9. The van der Waals surface area contributed by atoms with Crippen LogP contribution in [0.1, 0.15) is 47.1 Å². The Morgan fingerprint density at radius 2 is 1.45 bits per heavy atom. The highest BCUT2D eigenvalue weighted by Crippen LogP contribution is 2.49. The van der Waals surface area contributed by atoms with E-state index >= 15 is 0 Å². The molecule has 6 rings (SSSR count). The number of halogens is 1. The summed E-state index contributed by atoms with van der Waals surface area (Å²) < 4.78 is 1.12. The third-order valence-corrected chi connectivity index (χ3v) is 7.44. The molecule has 0 fully saturated rings. The van der Waals surface area contributed by atoms with E-state index in [4.69, 9.17) is 0 Å². The van der Waals surface area contributed by atoms with Gasteiger partial charge in [0.05, 0.1) is 0 Å². The number of hydrogen-bond donors (Lipinski definition) is 0. The minimum atomic E-state index is 0.347. The number of hydrogen-bond acceptors (Lipinski definition) is 0. The van der Waals surface area contributed by atoms with Crippen molar-refractivity contribution in [2.75, 3.05) is 0 Å². The Hall–Kier alpha value is -2.90. The molecule has 0 spiro atoms. The smallest absolute Gasteiger partial charge is 0.0311 e. The second-order valence-electron chi connectivity index (χ2n) is 8.53. The molecular formula is C30H23Br. The molecule has 0 bridgehead atoms. The van der Waals surface area contributed by atoms with Crippen LogP contribution in [0.15, 0.2) is 95.0 Å². The molecule has 4 aromatic carbocycles. The van der Waals surface area contributed by atoms with Gasteiger partial charge in [0.25, 0.3) is 0 Å². The van der Waals surface area contributed by atoms with Crippen molar-refractivity contribution < 1.29 is 0 Å². The molecule has 0 saturated carbocycles. The predicted molar refractivity (Wildman–Crippen MR) is 134 cm³/mol. The maximum absolute atomic E-state index is 3.57. The molecule has 0 aromatic heterocycles. The number of fused-ring (bicyclic) bond motifs is 4. The zero-order valence-corrected chi connectivity index (χ0v) is 19.1. The van der Waals surface area contributed by atoms with Crippen LogP contribution in [0.5, 0.6) is 0 Å². The summed E-state index contributed by atoms with van der Waals surface area (Å²) >= 11 is 3.57. The largest absolute Gasteiger partial charge is 0.0619 e. The summed E-state index contributed by atoms with van der Waals surface area (Å²) in [5.41, 5.74) is 14.2. The average molecular weight is 463 g/mol. The van der Waals surface area contributed by atoms with Gasteiger partial charge in [0.1, 0.15) is 0 Å². The first kappa shape index (κ1) is 18.8. The third-order valence-electron chi connectivity index (χ3n) is 6.91. The van der Waals surface area contributed by atoms with Crippen LogP contribution in [0.2, 0.25) is 0 Å². The summed E-state index contributed by atoms with van der Waals surface area (Å²) in [6.45, 7) is 2.29. The normalized spacial score (nSPS) is 15.9. The van der Waals surface area contributed by atoms with E-state index in [1.54, 1.807) is 0 Å². The second kappa shape index (κ2) is 7.35. The topological polar surface area (TPSA) is 0 Å². The van der Waals surface area contributed by atoms with Gasteiger partial charge in [0, 0.05) is 10.4 Å². The number of rotatable bonds is 3. The van der Waals surface area contributed by atoms with E-state index in [0.717, 1.165) is 17.3 Å². The maximum Gasteiger partial charge on any atom is 0.0311 e. The average Bonchev–Trinajstić information content (AvgIpc) is 3.38. The first-order valence-electron chi connectivity index (χ1n) is 11.0. The van der Waals surface area contributed by atoms with Gasteiger partial charge in [-0.25, -0.2) is 0 Å². The Bertz CT molecular complexity index is 1340. The van der Waals surface area contributed by atoms with Crippen molar-refractivity contribution in [3.05, 3.63) is 123 Å². The lowest BCUT2D eigenvalue weighted by atomic mass is 9.82. The zero-order valence-electron chi connectivity index (χ0n) is 17.5. The molecule has 2 aliphatic carbocycles. The molecule has 1 atom stereocenters. The Morgan fingerprint density at radius 1 is 0.742 bits per heavy atom. The van der Waals surface area contributed by atoms with Gasteiger partial charge in [-0.1, -0.05) is 107 Å². The summed E-state index contributed by atoms with van der Waals surface area (Å²) in [5, 5.41) is 0. The molecule has 0 aliphatic heterocycles. The van der Waals surface area contributed by atoms with Gasteiger partial charge in [0.2, 0.25) is 0 Å². The molecule has 0 N–H and O–H groups in total. The second-order valence-corrected chi connectivity index (χ2v) is 9.44. The summed E-state index contributed by atoms with van der Waals surface area (Å²) in [6.07, 6.45) is 4.56. The van der Waals surface area contributed by atoms with Gasteiger partial charge in [0.15, 0.2) is 0 Å². The van der Waals surface area contributed by atoms with E-state index in [2.05, 4.69) is 114 Å². The van der Waals surface area contributed by atoms with E-state index < -0.39 is 0 Å². The summed E-state index contributed by atoms with van der Waals surface area (Å²) in [6, 6.07) is 31.3. The lowest BCUT2D eigenvalue weighted by molar-refractivity contribution is 0.895. The summed E-state index contributed by atoms with van der Waals surface area (Å²) in [5.74, 6) is 0.347. The van der Waals surface area contributed by atoms with Crippen molar-refractivity contribution in [2.45, 2.75) is 25.7 Å². The SMILES string of the molecule is CCC1=Cc2c(-c3ccc(Br)cc3)cccc2C1c1cccc2c1Cc1ccccc1-2. The fourth-order valence-corrected chi connectivity index (χ4v) is 5.74. The molecule has 31 heavy (non-hydrogen) atoms. The van der Waals surface area contributed by atoms with Crippen LogP contribution in [-0.2, 0) is 6.42 Å². The lowest BCUT2D eigenvalue weighted by Gasteiger charge is -2.21. The van der Waals surface area contributed by atoms with Crippen molar-refractivity contribution in [3.63, 3.8) is 0 Å². The molecule has 0 heterocycles. The van der Waals surface area contributed by atoms with Crippen LogP contribution < -0.4 is 0 Å². The van der Waals surface area contributed by atoms with Gasteiger partial charge >= 0.3 is 0 Å². The van der Waals surface area contributed by atoms with Crippen LogP contribution in [0.4, 0.5) is 0 Å². The molecular weight excluding hydrogens is 440 g/mol. The first-order valence-corrected chi connectivity index (χ1v) is 11.8. The van der Waals surface area contributed by atoms with E-state index in [1.165, 1.54) is 55.6 Å². The fraction of sp³-hybridized carbons (Fsp3) is 0.133. The minimum Gasteiger partial charge on any atom is -0.0619 e. The van der Waals surface area contributed by atoms with Crippen LogP contribution in [0, 0.1) is 0 Å². The monoisotopic (exact) mass is 462 g/mol. The highest BCUT2D eigenvalue weighted by Gasteiger charge is 2.31. The molecule has 0 radical (unpaired) electrons. The molecule has 0 nitrogen and oxygen atoms in total. The van der Waals surface area contributed by atoms with Gasteiger partial charge in [-0.3, -0.25) is 0 Å². The highest BCUT2D eigenvalue weighted by molar-refractivity contribution is 9.10. The van der Waals surface area contributed by atoms with Crippen LogP contribution in [0.3, 0.4) is 0 Å². The third kappa shape index (κ3) is 2.95. The number of allylic oxidation sites excluding steroid dienone is 1. The van der Waals surface area contributed by atoms with Gasteiger partial charge in [-0.05, 0) is 75.0 Å². The van der Waals surface area contributed by atoms with Gasteiger partial charge in [-0.15, -0.1) is 0 Å². The van der Waals surface area contributed by atoms with E-state index in [-0.39, 0.29) is 0 Å². The molecule has 150 valence electrons. The van der Waals surface area contributed by atoms with Gasteiger partial charge in [-0.2, -0.15) is 0 Å². The molecule has 4 aromatic rings. The van der Waals surface area contributed by atoms with Crippen molar-refractivity contribution in [1.29, 1.82) is 0 Å². The van der Waals surface area contributed by atoms with Gasteiger partial charge < -0.3 is 0 Å². The maximum atomic E-state index is 3.57. The quantitative estimate of drug-likeness (QED) is 0.251. The number of benzene rings is 4. The van der Waals surface area contributed by atoms with Crippen molar-refractivity contribution in [2.24, 2.45) is 0 Å². The Balaban J connectivity index is 1.52. The molecule has 0 amide bonds. The minimum absolute atomic E-state index is 0.347. The standard InChI is InChI=1S/C30H23Br/c1-2-19-17-28-23(20-13-15-22(31)16-14-20)9-5-11-26(28)30(19)27-12-6-10-25-24-8-4-3-7-21(24)18-29(25)27/h3-17,30H,2,18H2,1H3. The molecule has 0 saturated heterocycles. The van der Waals surface area contributed by atoms with E-state index in [0.29, 0.717) is 5.92 Å². The summed E-state index contributed by atoms with van der Waals surface area (Å²) in [4.78, 5) is 0. The first-order chi connectivity index (χ1) is 15.2. The van der Waals surface area contributed by atoms with Crippen molar-refractivity contribution in [1.82, 2.24) is 0 Å². The fourth-order valence-electron chi connectivity index (χ4n) is 5.47. The van der Waals surface area contributed by atoms with Crippen molar-refractivity contribution in [3.8, 4) is 22.3 Å².